The molecule has 0 radical (unpaired) electrons. The highest BCUT2D eigenvalue weighted by molar-refractivity contribution is 5.90. The van der Waals surface area contributed by atoms with E-state index in [1.165, 1.54) is 47.2 Å². The zero-order chi connectivity index (χ0) is 21.1. The monoisotopic (exact) mass is 395 g/mol. The highest BCUT2D eigenvalue weighted by atomic mass is 16.6. The fraction of sp³-hybridized carbons (Fsp3) is 0.0526. The average molecular weight is 395 g/mol. The van der Waals surface area contributed by atoms with Gasteiger partial charge < -0.3 is 8.98 Å². The zero-order valence-corrected chi connectivity index (χ0v) is 15.0. The quantitative estimate of drug-likeness (QED) is 0.375. The first-order valence-corrected chi connectivity index (χ1v) is 8.19. The van der Waals surface area contributed by atoms with Crippen LogP contribution in [0.2, 0.25) is 0 Å². The third-order valence-corrected chi connectivity index (χ3v) is 4.20. The van der Waals surface area contributed by atoms with Crippen molar-refractivity contribution >= 4 is 32.9 Å². The van der Waals surface area contributed by atoms with E-state index in [4.69, 9.17) is 0 Å². The van der Waals surface area contributed by atoms with Crippen LogP contribution in [-0.4, -0.2) is 14.4 Å². The number of aryl methyl sites for hydroxylation is 1. The second-order valence-electron chi connectivity index (χ2n) is 5.93. The summed E-state index contributed by atoms with van der Waals surface area (Å²) in [5.41, 5.74) is -0.914. The van der Waals surface area contributed by atoms with Gasteiger partial charge in [-0.15, -0.1) is 0 Å². The van der Waals surface area contributed by atoms with Crippen LogP contribution in [0.15, 0.2) is 75.0 Å². The summed E-state index contributed by atoms with van der Waals surface area (Å²) in [7, 11) is 1.61. The number of benzene rings is 2. The van der Waals surface area contributed by atoms with Crippen molar-refractivity contribution in [2.45, 2.75) is 0 Å². The van der Waals surface area contributed by atoms with Gasteiger partial charge in [0.05, 0.1) is 37.7 Å². The fourth-order valence-electron chi connectivity index (χ4n) is 2.81. The van der Waals surface area contributed by atoms with Crippen LogP contribution in [0.5, 0.6) is 0 Å². The number of nitro benzene ring substituents is 2. The van der Waals surface area contributed by atoms with Gasteiger partial charge in [0.2, 0.25) is 0 Å². The van der Waals surface area contributed by atoms with E-state index < -0.39 is 15.5 Å². The summed E-state index contributed by atoms with van der Waals surface area (Å²) in [6, 6.07) is 11.8. The van der Waals surface area contributed by atoms with Gasteiger partial charge in [0.25, 0.3) is 16.9 Å². The van der Waals surface area contributed by atoms with Crippen molar-refractivity contribution in [3.8, 4) is 0 Å². The Balaban J connectivity index is 0.000000166. The molecule has 0 saturated carbocycles. The van der Waals surface area contributed by atoms with E-state index in [1.807, 2.05) is 0 Å². The molecule has 0 aliphatic heterocycles. The molecule has 29 heavy (non-hydrogen) atoms. The molecule has 0 aliphatic carbocycles. The molecule has 0 N–H and O–H groups in total. The molecule has 0 amide bonds. The van der Waals surface area contributed by atoms with Gasteiger partial charge in [0.1, 0.15) is 0 Å². The molecule has 4 rings (SSSR count). The lowest BCUT2D eigenvalue weighted by Gasteiger charge is -2.01. The smallest absolute Gasteiger partial charge is 0.343 e. The topological polar surface area (TPSA) is 138 Å². The second kappa shape index (κ2) is 7.72. The van der Waals surface area contributed by atoms with E-state index in [0.717, 1.165) is 6.26 Å². The minimum absolute atomic E-state index is 0.0369. The molecule has 10 nitrogen and oxygen atoms in total. The summed E-state index contributed by atoms with van der Waals surface area (Å²) in [5.74, 6) is 0. The maximum absolute atomic E-state index is 11.6. The summed E-state index contributed by atoms with van der Waals surface area (Å²) in [6.45, 7) is 0. The van der Waals surface area contributed by atoms with Crippen molar-refractivity contribution in [2.24, 2.45) is 7.05 Å². The van der Waals surface area contributed by atoms with Crippen molar-refractivity contribution in [3.05, 3.63) is 102 Å². The molecule has 0 atom stereocenters. The van der Waals surface area contributed by atoms with E-state index in [9.17, 15) is 29.8 Å². The molecule has 146 valence electrons. The van der Waals surface area contributed by atoms with Crippen LogP contribution >= 0.6 is 0 Å². The minimum Gasteiger partial charge on any atom is -0.431 e. The van der Waals surface area contributed by atoms with Gasteiger partial charge in [-0.3, -0.25) is 25.0 Å². The standard InChI is InChI=1S/C10H8N2O3.C9H5NO4/c1-11-6-5-7-8(10(11)13)3-2-4-9(7)12(14)15;11-9-7-2-1-3-8(10(12)13)6(7)4-5-14-9/h2-6H,1H3;1-5H. The van der Waals surface area contributed by atoms with E-state index >= 15 is 0 Å². The minimum atomic E-state index is -0.564. The first-order chi connectivity index (χ1) is 13.8. The first-order valence-electron chi connectivity index (χ1n) is 8.19. The predicted octanol–water partition coefficient (Wildman–Crippen LogP) is 3.15. The number of non-ortho nitro benzene ring substituents is 2. The molecule has 10 heteroatoms. The number of hydrogen-bond donors (Lipinski definition) is 0. The lowest BCUT2D eigenvalue weighted by molar-refractivity contribution is -0.383. The Bertz CT molecular complexity index is 1370. The van der Waals surface area contributed by atoms with Crippen LogP contribution in [0.3, 0.4) is 0 Å². The molecule has 2 aromatic carbocycles. The fourth-order valence-corrected chi connectivity index (χ4v) is 2.81. The molecule has 0 saturated heterocycles. The summed E-state index contributed by atoms with van der Waals surface area (Å²) in [5, 5.41) is 22.6. The molecule has 2 heterocycles. The van der Waals surface area contributed by atoms with Crippen LogP contribution < -0.4 is 11.2 Å². The van der Waals surface area contributed by atoms with Crippen molar-refractivity contribution in [3.63, 3.8) is 0 Å². The number of rotatable bonds is 2. The number of pyridine rings is 1. The molecule has 0 fully saturated rings. The third kappa shape index (κ3) is 3.72. The highest BCUT2D eigenvalue weighted by Gasteiger charge is 2.13. The highest BCUT2D eigenvalue weighted by Crippen LogP contribution is 2.23. The predicted molar refractivity (Wildman–Crippen MR) is 105 cm³/mol. The molecule has 0 unspecified atom stereocenters. The van der Waals surface area contributed by atoms with Gasteiger partial charge in [0.15, 0.2) is 0 Å². The Morgan fingerprint density at radius 2 is 1.34 bits per heavy atom. The maximum Gasteiger partial charge on any atom is 0.343 e. The van der Waals surface area contributed by atoms with E-state index in [-0.39, 0.29) is 22.3 Å². The zero-order valence-electron chi connectivity index (χ0n) is 15.0. The molecule has 0 bridgehead atoms. The van der Waals surface area contributed by atoms with Crippen molar-refractivity contribution in [2.75, 3.05) is 0 Å². The van der Waals surface area contributed by atoms with Crippen LogP contribution in [0, 0.1) is 20.2 Å². The Morgan fingerprint density at radius 3 is 1.93 bits per heavy atom. The summed E-state index contributed by atoms with van der Waals surface area (Å²) < 4.78 is 5.99. The SMILES string of the molecule is Cn1ccc2c([N+](=O)[O-])cccc2c1=O.O=c1occc2c([N+](=O)[O-])cccc12. The Labute approximate surface area is 161 Å². The Morgan fingerprint density at radius 1 is 0.793 bits per heavy atom. The maximum atomic E-state index is 11.6. The van der Waals surface area contributed by atoms with Gasteiger partial charge >= 0.3 is 5.63 Å². The van der Waals surface area contributed by atoms with E-state index in [1.54, 1.807) is 19.2 Å². The van der Waals surface area contributed by atoms with Crippen molar-refractivity contribution in [1.82, 2.24) is 4.57 Å². The number of nitrogens with zero attached hydrogens (tertiary/aromatic N) is 3. The molecular weight excluding hydrogens is 382 g/mol. The van der Waals surface area contributed by atoms with Crippen LogP contribution in [0.1, 0.15) is 0 Å². The summed E-state index contributed by atoms with van der Waals surface area (Å²) >= 11 is 0. The van der Waals surface area contributed by atoms with Crippen molar-refractivity contribution < 1.29 is 14.3 Å². The van der Waals surface area contributed by atoms with Gasteiger partial charge in [-0.1, -0.05) is 12.1 Å². The van der Waals surface area contributed by atoms with E-state index in [2.05, 4.69) is 4.42 Å². The molecule has 2 aromatic heterocycles. The summed E-state index contributed by atoms with van der Waals surface area (Å²) in [4.78, 5) is 43.1. The van der Waals surface area contributed by atoms with Gasteiger partial charge in [0, 0.05) is 25.4 Å². The first kappa shape index (κ1) is 19.4. The number of hydrogen-bond acceptors (Lipinski definition) is 7. The number of fused-ring (bicyclic) bond motifs is 2. The van der Waals surface area contributed by atoms with Gasteiger partial charge in [-0.2, -0.15) is 0 Å². The van der Waals surface area contributed by atoms with Gasteiger partial charge in [-0.25, -0.2) is 4.79 Å². The molecular formula is C19H13N3O7. The molecule has 4 aromatic rings. The van der Waals surface area contributed by atoms with Crippen LogP contribution in [0.4, 0.5) is 11.4 Å². The normalized spacial score (nSPS) is 10.4. The summed E-state index contributed by atoms with van der Waals surface area (Å²) in [6.07, 6.45) is 2.68. The van der Waals surface area contributed by atoms with Crippen LogP contribution in [-0.2, 0) is 7.05 Å². The largest absolute Gasteiger partial charge is 0.431 e. The van der Waals surface area contributed by atoms with Gasteiger partial charge in [-0.05, 0) is 24.3 Å². The Hall–Kier alpha value is -4.34. The van der Waals surface area contributed by atoms with E-state index in [0.29, 0.717) is 16.2 Å². The van der Waals surface area contributed by atoms with Crippen molar-refractivity contribution in [1.29, 1.82) is 0 Å². The lowest BCUT2D eigenvalue weighted by atomic mass is 10.1. The van der Waals surface area contributed by atoms with Crippen LogP contribution in [0.25, 0.3) is 21.5 Å². The number of nitro groups is 2. The second-order valence-corrected chi connectivity index (χ2v) is 5.93. The molecule has 0 spiro atoms. The molecule has 0 aliphatic rings. The average Bonchev–Trinajstić information content (AvgIpc) is 2.70. The lowest BCUT2D eigenvalue weighted by Crippen LogP contribution is -2.15. The third-order valence-electron chi connectivity index (χ3n) is 4.20. The number of aromatic nitrogens is 1. The Kier molecular flexibility index (Phi) is 5.17.